The monoisotopic (exact) mass is 301 g/mol. The SMILES string of the molecule is CCCCCn1ncc2c(N)c(C(=O)N3CCCC3)cnc21. The van der Waals surface area contributed by atoms with Crippen molar-refractivity contribution >= 4 is 22.6 Å². The second-order valence-electron chi connectivity index (χ2n) is 5.90. The summed E-state index contributed by atoms with van der Waals surface area (Å²) in [4.78, 5) is 18.8. The van der Waals surface area contributed by atoms with Crippen LogP contribution in [-0.2, 0) is 6.54 Å². The molecular weight excluding hydrogens is 278 g/mol. The lowest BCUT2D eigenvalue weighted by Gasteiger charge is -2.16. The Morgan fingerprint density at radius 2 is 2.05 bits per heavy atom. The Kier molecular flexibility index (Phi) is 4.27. The van der Waals surface area contributed by atoms with Crippen molar-refractivity contribution < 1.29 is 4.79 Å². The minimum atomic E-state index is -0.0110. The number of pyridine rings is 1. The highest BCUT2D eigenvalue weighted by Crippen LogP contribution is 2.25. The molecule has 2 aromatic rings. The van der Waals surface area contributed by atoms with Crippen molar-refractivity contribution in [1.82, 2.24) is 19.7 Å². The zero-order valence-electron chi connectivity index (χ0n) is 13.1. The molecule has 1 amide bonds. The number of hydrogen-bond donors (Lipinski definition) is 1. The van der Waals surface area contributed by atoms with E-state index in [1.807, 2.05) is 9.58 Å². The molecule has 2 aromatic heterocycles. The number of fused-ring (bicyclic) bond motifs is 1. The fraction of sp³-hybridized carbons (Fsp3) is 0.562. The lowest BCUT2D eigenvalue weighted by atomic mass is 10.1. The summed E-state index contributed by atoms with van der Waals surface area (Å²) in [6.45, 7) is 4.63. The maximum atomic E-state index is 12.5. The van der Waals surface area contributed by atoms with Crippen LogP contribution in [0.15, 0.2) is 12.4 Å². The Morgan fingerprint density at radius 3 is 2.77 bits per heavy atom. The maximum absolute atomic E-state index is 12.5. The van der Waals surface area contributed by atoms with E-state index < -0.39 is 0 Å². The summed E-state index contributed by atoms with van der Waals surface area (Å²) in [5.41, 5.74) is 7.99. The predicted octanol–water partition coefficient (Wildman–Crippen LogP) is 2.44. The van der Waals surface area contributed by atoms with Gasteiger partial charge in [-0.1, -0.05) is 19.8 Å². The summed E-state index contributed by atoms with van der Waals surface area (Å²) >= 11 is 0. The van der Waals surface area contributed by atoms with Crippen molar-refractivity contribution in [2.24, 2.45) is 0 Å². The molecule has 3 heterocycles. The van der Waals surface area contributed by atoms with E-state index in [0.717, 1.165) is 49.9 Å². The van der Waals surface area contributed by atoms with Gasteiger partial charge in [0.1, 0.15) is 0 Å². The van der Waals surface area contributed by atoms with Crippen molar-refractivity contribution in [2.75, 3.05) is 18.8 Å². The van der Waals surface area contributed by atoms with Crippen LogP contribution in [0.5, 0.6) is 0 Å². The van der Waals surface area contributed by atoms with Gasteiger partial charge in [0, 0.05) is 25.8 Å². The lowest BCUT2D eigenvalue weighted by molar-refractivity contribution is 0.0793. The number of carbonyl (C=O) groups excluding carboxylic acids is 1. The first-order valence-electron chi connectivity index (χ1n) is 8.11. The number of aromatic nitrogens is 3. The number of carbonyl (C=O) groups is 1. The fourth-order valence-corrected chi connectivity index (χ4v) is 2.98. The smallest absolute Gasteiger partial charge is 0.257 e. The summed E-state index contributed by atoms with van der Waals surface area (Å²) in [5, 5.41) is 5.15. The van der Waals surface area contributed by atoms with Gasteiger partial charge >= 0.3 is 0 Å². The summed E-state index contributed by atoms with van der Waals surface area (Å²) in [5.74, 6) is -0.0110. The first-order chi connectivity index (χ1) is 10.7. The number of rotatable bonds is 5. The van der Waals surface area contributed by atoms with E-state index in [9.17, 15) is 4.79 Å². The van der Waals surface area contributed by atoms with Crippen molar-refractivity contribution in [3.63, 3.8) is 0 Å². The third-order valence-corrected chi connectivity index (χ3v) is 4.31. The van der Waals surface area contributed by atoms with Gasteiger partial charge < -0.3 is 10.6 Å². The molecule has 0 aromatic carbocycles. The molecule has 0 aliphatic carbocycles. The number of unbranched alkanes of at least 4 members (excludes halogenated alkanes) is 2. The second-order valence-corrected chi connectivity index (χ2v) is 5.90. The van der Waals surface area contributed by atoms with Crippen LogP contribution in [0.25, 0.3) is 11.0 Å². The van der Waals surface area contributed by atoms with E-state index >= 15 is 0 Å². The number of amides is 1. The van der Waals surface area contributed by atoms with E-state index in [2.05, 4.69) is 17.0 Å². The van der Waals surface area contributed by atoms with Crippen molar-refractivity contribution in [3.05, 3.63) is 18.0 Å². The number of anilines is 1. The van der Waals surface area contributed by atoms with Crippen molar-refractivity contribution in [3.8, 4) is 0 Å². The number of aryl methyl sites for hydroxylation is 1. The molecule has 2 N–H and O–H groups in total. The van der Waals surface area contributed by atoms with Crippen LogP contribution >= 0.6 is 0 Å². The van der Waals surface area contributed by atoms with Gasteiger partial charge in [0.25, 0.3) is 5.91 Å². The zero-order valence-corrected chi connectivity index (χ0v) is 13.1. The van der Waals surface area contributed by atoms with E-state index in [-0.39, 0.29) is 5.91 Å². The number of nitrogen functional groups attached to an aromatic ring is 1. The van der Waals surface area contributed by atoms with Gasteiger partial charge in [-0.2, -0.15) is 5.10 Å². The van der Waals surface area contributed by atoms with Crippen LogP contribution < -0.4 is 5.73 Å². The highest BCUT2D eigenvalue weighted by molar-refractivity contribution is 6.05. The first kappa shape index (κ1) is 14.8. The summed E-state index contributed by atoms with van der Waals surface area (Å²) in [7, 11) is 0. The summed E-state index contributed by atoms with van der Waals surface area (Å²) in [6, 6.07) is 0. The molecule has 118 valence electrons. The van der Waals surface area contributed by atoms with Gasteiger partial charge in [-0.15, -0.1) is 0 Å². The number of nitrogens with two attached hydrogens (primary N) is 1. The Hall–Kier alpha value is -2.11. The quantitative estimate of drug-likeness (QED) is 0.860. The highest BCUT2D eigenvalue weighted by atomic mass is 16.2. The molecular formula is C16H23N5O. The van der Waals surface area contributed by atoms with Crippen LogP contribution in [0, 0.1) is 0 Å². The molecule has 1 fully saturated rings. The number of nitrogens with zero attached hydrogens (tertiary/aromatic N) is 4. The van der Waals surface area contributed by atoms with Gasteiger partial charge in [-0.3, -0.25) is 4.79 Å². The Labute approximate surface area is 130 Å². The zero-order chi connectivity index (χ0) is 15.5. The average Bonchev–Trinajstić information content (AvgIpc) is 3.17. The molecule has 0 atom stereocenters. The molecule has 6 nitrogen and oxygen atoms in total. The summed E-state index contributed by atoms with van der Waals surface area (Å²) < 4.78 is 1.88. The number of likely N-dealkylation sites (tertiary alicyclic amines) is 1. The lowest BCUT2D eigenvalue weighted by Crippen LogP contribution is -2.28. The van der Waals surface area contributed by atoms with Crippen LogP contribution in [0.3, 0.4) is 0 Å². The third kappa shape index (κ3) is 2.65. The van der Waals surface area contributed by atoms with Crippen molar-refractivity contribution in [1.29, 1.82) is 0 Å². The molecule has 0 bridgehead atoms. The van der Waals surface area contributed by atoms with Crippen LogP contribution in [0.4, 0.5) is 5.69 Å². The maximum Gasteiger partial charge on any atom is 0.257 e. The second kappa shape index (κ2) is 6.34. The van der Waals surface area contributed by atoms with Gasteiger partial charge in [0.2, 0.25) is 0 Å². The normalized spacial score (nSPS) is 14.9. The largest absolute Gasteiger partial charge is 0.397 e. The van der Waals surface area contributed by atoms with E-state index in [1.165, 1.54) is 12.8 Å². The van der Waals surface area contributed by atoms with Crippen LogP contribution in [-0.4, -0.2) is 38.7 Å². The van der Waals surface area contributed by atoms with Crippen LogP contribution in [0.2, 0.25) is 0 Å². The molecule has 1 aliphatic heterocycles. The van der Waals surface area contributed by atoms with Crippen molar-refractivity contribution in [2.45, 2.75) is 45.6 Å². The molecule has 0 spiro atoms. The Bertz CT molecular complexity index is 672. The first-order valence-corrected chi connectivity index (χ1v) is 8.11. The average molecular weight is 301 g/mol. The van der Waals surface area contributed by atoms with Gasteiger partial charge in [-0.05, 0) is 19.3 Å². The molecule has 1 aliphatic rings. The molecule has 3 rings (SSSR count). The van der Waals surface area contributed by atoms with Crippen LogP contribution in [0.1, 0.15) is 49.4 Å². The minimum absolute atomic E-state index is 0.0110. The van der Waals surface area contributed by atoms with E-state index in [0.29, 0.717) is 11.3 Å². The van der Waals surface area contributed by atoms with Gasteiger partial charge in [0.05, 0.1) is 22.8 Å². The molecule has 0 unspecified atom stereocenters. The molecule has 1 saturated heterocycles. The molecule has 22 heavy (non-hydrogen) atoms. The minimum Gasteiger partial charge on any atom is -0.397 e. The standard InChI is InChI=1S/C16H23N5O/c1-2-3-4-9-21-15-12(11-19-21)14(17)13(10-18-15)16(22)20-7-5-6-8-20/h10-11H,2-9H2,1H3,(H2,17,18). The summed E-state index contributed by atoms with van der Waals surface area (Å²) in [6.07, 6.45) is 8.88. The Morgan fingerprint density at radius 1 is 1.27 bits per heavy atom. The molecule has 0 saturated carbocycles. The predicted molar refractivity (Wildman–Crippen MR) is 86.6 cm³/mol. The third-order valence-electron chi connectivity index (χ3n) is 4.31. The highest BCUT2D eigenvalue weighted by Gasteiger charge is 2.23. The molecule has 0 radical (unpaired) electrons. The fourth-order valence-electron chi connectivity index (χ4n) is 2.98. The molecule has 6 heteroatoms. The topological polar surface area (TPSA) is 77.0 Å². The Balaban J connectivity index is 1.88. The van der Waals surface area contributed by atoms with E-state index in [1.54, 1.807) is 12.4 Å². The van der Waals surface area contributed by atoms with Gasteiger partial charge in [-0.25, -0.2) is 9.67 Å². The van der Waals surface area contributed by atoms with E-state index in [4.69, 9.17) is 5.73 Å². The number of hydrogen-bond acceptors (Lipinski definition) is 4. The van der Waals surface area contributed by atoms with Gasteiger partial charge in [0.15, 0.2) is 5.65 Å².